The van der Waals surface area contributed by atoms with Crippen LogP contribution >= 0.6 is 0 Å². The highest BCUT2D eigenvalue weighted by atomic mass is 16.4. The van der Waals surface area contributed by atoms with Gasteiger partial charge in [-0.1, -0.05) is 92.7 Å². The van der Waals surface area contributed by atoms with E-state index in [2.05, 4.69) is 25.2 Å². The highest BCUT2D eigenvalue weighted by molar-refractivity contribution is 5.92. The van der Waals surface area contributed by atoms with Gasteiger partial charge in [-0.15, -0.1) is 0 Å². The molecular formula is C28H28N2O2. The predicted molar refractivity (Wildman–Crippen MR) is 130 cm³/mol. The van der Waals surface area contributed by atoms with Crippen LogP contribution in [0.5, 0.6) is 0 Å². The molecule has 0 saturated carbocycles. The van der Waals surface area contributed by atoms with Gasteiger partial charge in [-0.25, -0.2) is 4.98 Å². The molecule has 0 radical (unpaired) electrons. The Morgan fingerprint density at radius 1 is 0.906 bits per heavy atom. The molecule has 0 atom stereocenters. The summed E-state index contributed by atoms with van der Waals surface area (Å²) in [6, 6.07) is 26.1. The van der Waals surface area contributed by atoms with Crippen molar-refractivity contribution in [1.82, 2.24) is 4.98 Å². The third kappa shape index (κ3) is 4.80. The zero-order valence-electron chi connectivity index (χ0n) is 18.8. The molecule has 1 amide bonds. The van der Waals surface area contributed by atoms with Gasteiger partial charge in [0.15, 0.2) is 11.7 Å². The number of hydrogen-bond donors (Lipinski definition) is 1. The van der Waals surface area contributed by atoms with Crippen LogP contribution in [0.25, 0.3) is 22.6 Å². The molecule has 162 valence electrons. The number of benzene rings is 3. The van der Waals surface area contributed by atoms with E-state index in [1.807, 2.05) is 79.7 Å². The van der Waals surface area contributed by atoms with E-state index >= 15 is 0 Å². The Kier molecular flexibility index (Phi) is 6.50. The van der Waals surface area contributed by atoms with Crippen LogP contribution < -0.4 is 5.32 Å². The number of nitrogens with one attached hydrogen (secondary N) is 1. The zero-order valence-corrected chi connectivity index (χ0v) is 18.8. The summed E-state index contributed by atoms with van der Waals surface area (Å²) < 4.78 is 6.15. The van der Waals surface area contributed by atoms with Gasteiger partial charge < -0.3 is 9.73 Å². The second-order valence-corrected chi connectivity index (χ2v) is 8.26. The number of aromatic nitrogens is 1. The number of nitrogens with zero attached hydrogens (tertiary/aromatic N) is 1. The Labute approximate surface area is 189 Å². The van der Waals surface area contributed by atoms with Crippen molar-refractivity contribution in [1.29, 1.82) is 0 Å². The summed E-state index contributed by atoms with van der Waals surface area (Å²) >= 11 is 0. The minimum Gasteiger partial charge on any atom is -0.440 e. The molecule has 0 aliphatic rings. The monoisotopic (exact) mass is 424 g/mol. The summed E-state index contributed by atoms with van der Waals surface area (Å²) in [5.41, 5.74) is 5.89. The molecule has 3 aromatic carbocycles. The molecule has 0 bridgehead atoms. The summed E-state index contributed by atoms with van der Waals surface area (Å²) in [5.74, 6) is 1.58. The zero-order chi connectivity index (χ0) is 22.5. The molecule has 1 N–H and O–H groups in total. The van der Waals surface area contributed by atoms with E-state index in [4.69, 9.17) is 9.40 Å². The van der Waals surface area contributed by atoms with Crippen LogP contribution in [0.3, 0.4) is 0 Å². The van der Waals surface area contributed by atoms with Crippen LogP contribution in [0, 0.1) is 6.92 Å². The molecule has 0 aliphatic heterocycles. The van der Waals surface area contributed by atoms with Gasteiger partial charge in [0.25, 0.3) is 0 Å². The summed E-state index contributed by atoms with van der Waals surface area (Å²) in [6.07, 6.45) is 0.732. The standard InChI is InChI=1S/C28H28N2O2/c1-19(2)23-16-10-11-20(3)26(23)29-24(31)17-18-25-30-27(21-12-6-4-7-13-21)28(32-25)22-14-8-5-9-15-22/h4-16,19H,17-18H2,1-3H3,(H,29,31). The largest absolute Gasteiger partial charge is 0.440 e. The molecule has 0 saturated heterocycles. The molecule has 0 unspecified atom stereocenters. The fourth-order valence-electron chi connectivity index (χ4n) is 3.81. The van der Waals surface area contributed by atoms with E-state index in [1.165, 1.54) is 0 Å². The van der Waals surface area contributed by atoms with Crippen LogP contribution in [-0.4, -0.2) is 10.9 Å². The lowest BCUT2D eigenvalue weighted by Crippen LogP contribution is -2.15. The molecule has 4 aromatic rings. The molecule has 0 aliphatic carbocycles. The molecule has 1 aromatic heterocycles. The minimum absolute atomic E-state index is 0.0399. The minimum atomic E-state index is -0.0399. The van der Waals surface area contributed by atoms with Gasteiger partial charge in [0.1, 0.15) is 5.69 Å². The summed E-state index contributed by atoms with van der Waals surface area (Å²) in [4.78, 5) is 17.5. The number of para-hydroxylation sites is 1. The Hall–Kier alpha value is -3.66. The van der Waals surface area contributed by atoms with E-state index < -0.39 is 0 Å². The van der Waals surface area contributed by atoms with Crippen molar-refractivity contribution in [2.75, 3.05) is 5.32 Å². The summed E-state index contributed by atoms with van der Waals surface area (Å²) in [7, 11) is 0. The molecule has 4 heteroatoms. The highest BCUT2D eigenvalue weighted by Gasteiger charge is 2.18. The van der Waals surface area contributed by atoms with Crippen molar-refractivity contribution in [3.8, 4) is 22.6 Å². The highest BCUT2D eigenvalue weighted by Crippen LogP contribution is 2.33. The van der Waals surface area contributed by atoms with Crippen molar-refractivity contribution in [3.05, 3.63) is 95.9 Å². The maximum Gasteiger partial charge on any atom is 0.224 e. The van der Waals surface area contributed by atoms with Gasteiger partial charge in [0.2, 0.25) is 5.91 Å². The van der Waals surface area contributed by atoms with E-state index in [1.54, 1.807) is 0 Å². The molecule has 1 heterocycles. The first-order chi connectivity index (χ1) is 15.5. The van der Waals surface area contributed by atoms with Crippen LogP contribution in [0.2, 0.25) is 0 Å². The van der Waals surface area contributed by atoms with Crippen molar-refractivity contribution >= 4 is 11.6 Å². The molecule has 0 spiro atoms. The summed E-state index contributed by atoms with van der Waals surface area (Å²) in [6.45, 7) is 6.29. The maximum absolute atomic E-state index is 12.8. The first-order valence-electron chi connectivity index (χ1n) is 11.0. The number of aryl methyl sites for hydroxylation is 2. The topological polar surface area (TPSA) is 55.1 Å². The van der Waals surface area contributed by atoms with Gasteiger partial charge in [0.05, 0.1) is 0 Å². The number of carbonyl (C=O) groups is 1. The fourth-order valence-corrected chi connectivity index (χ4v) is 3.81. The van der Waals surface area contributed by atoms with Gasteiger partial charge in [-0.2, -0.15) is 0 Å². The van der Waals surface area contributed by atoms with Crippen LogP contribution in [-0.2, 0) is 11.2 Å². The lowest BCUT2D eigenvalue weighted by Gasteiger charge is -2.16. The SMILES string of the molecule is Cc1cccc(C(C)C)c1NC(=O)CCc1nc(-c2ccccc2)c(-c2ccccc2)o1. The smallest absolute Gasteiger partial charge is 0.224 e. The second-order valence-electron chi connectivity index (χ2n) is 8.26. The summed E-state index contributed by atoms with van der Waals surface area (Å²) in [5, 5.41) is 3.11. The van der Waals surface area contributed by atoms with E-state index in [9.17, 15) is 4.79 Å². The van der Waals surface area contributed by atoms with Crippen molar-refractivity contribution in [2.24, 2.45) is 0 Å². The van der Waals surface area contributed by atoms with Crippen molar-refractivity contribution in [3.63, 3.8) is 0 Å². The van der Waals surface area contributed by atoms with E-state index in [0.29, 0.717) is 24.7 Å². The van der Waals surface area contributed by atoms with E-state index in [0.717, 1.165) is 39.4 Å². The Bertz CT molecular complexity index is 1140. The normalized spacial score (nSPS) is 11.0. The quantitative estimate of drug-likeness (QED) is 0.347. The fraction of sp³-hybridized carbons (Fsp3) is 0.214. The predicted octanol–water partition coefficient (Wildman–Crippen LogP) is 7.01. The number of carbonyl (C=O) groups excluding carboxylic acids is 1. The van der Waals surface area contributed by atoms with Crippen molar-refractivity contribution in [2.45, 2.75) is 39.5 Å². The molecule has 4 rings (SSSR count). The molecular weight excluding hydrogens is 396 g/mol. The first kappa shape index (κ1) is 21.6. The first-order valence-corrected chi connectivity index (χ1v) is 11.0. The Balaban J connectivity index is 1.55. The van der Waals surface area contributed by atoms with Gasteiger partial charge >= 0.3 is 0 Å². The third-order valence-electron chi connectivity index (χ3n) is 5.51. The number of hydrogen-bond acceptors (Lipinski definition) is 3. The van der Waals surface area contributed by atoms with Gasteiger partial charge in [-0.05, 0) is 24.0 Å². The molecule has 0 fully saturated rings. The lowest BCUT2D eigenvalue weighted by atomic mass is 9.98. The lowest BCUT2D eigenvalue weighted by molar-refractivity contribution is -0.116. The Morgan fingerprint density at radius 2 is 1.56 bits per heavy atom. The van der Waals surface area contributed by atoms with Crippen LogP contribution in [0.15, 0.2) is 83.3 Å². The van der Waals surface area contributed by atoms with Crippen LogP contribution in [0.4, 0.5) is 5.69 Å². The van der Waals surface area contributed by atoms with Crippen LogP contribution in [0.1, 0.15) is 43.2 Å². The second kappa shape index (κ2) is 9.65. The molecule has 4 nitrogen and oxygen atoms in total. The number of amides is 1. The van der Waals surface area contributed by atoms with Gasteiger partial charge in [-0.3, -0.25) is 4.79 Å². The number of oxazole rings is 1. The van der Waals surface area contributed by atoms with E-state index in [-0.39, 0.29) is 5.91 Å². The Morgan fingerprint density at radius 3 is 2.22 bits per heavy atom. The molecule has 32 heavy (non-hydrogen) atoms. The van der Waals surface area contributed by atoms with Gasteiger partial charge in [0, 0.05) is 29.7 Å². The average molecular weight is 425 g/mol. The number of rotatable bonds is 7. The number of anilines is 1. The van der Waals surface area contributed by atoms with Crippen molar-refractivity contribution < 1.29 is 9.21 Å². The third-order valence-corrected chi connectivity index (χ3v) is 5.51. The average Bonchev–Trinajstić information content (AvgIpc) is 3.24. The maximum atomic E-state index is 12.8.